The zero-order chi connectivity index (χ0) is 18.6. The van der Waals surface area contributed by atoms with Crippen molar-refractivity contribution in [2.75, 3.05) is 4.90 Å². The smallest absolute Gasteiger partial charge is 0.306 e. The first kappa shape index (κ1) is 17.0. The molecule has 0 saturated carbocycles. The lowest BCUT2D eigenvalue weighted by Gasteiger charge is -2.25. The van der Waals surface area contributed by atoms with Crippen LogP contribution >= 0.6 is 0 Å². The van der Waals surface area contributed by atoms with Gasteiger partial charge in [0.1, 0.15) is 5.82 Å². The van der Waals surface area contributed by atoms with Gasteiger partial charge in [0.15, 0.2) is 6.10 Å². The fourth-order valence-electron chi connectivity index (χ4n) is 3.19. The lowest BCUT2D eigenvalue weighted by atomic mass is 10.0. The number of benzene rings is 2. The molecule has 1 N–H and O–H groups in total. The van der Waals surface area contributed by atoms with E-state index in [1.807, 2.05) is 54.6 Å². The highest BCUT2D eigenvalue weighted by atomic mass is 16.6. The summed E-state index contributed by atoms with van der Waals surface area (Å²) in [6, 6.07) is 17.7. The van der Waals surface area contributed by atoms with Crippen LogP contribution in [0, 0.1) is 0 Å². The Morgan fingerprint density at radius 2 is 1.96 bits per heavy atom. The molecule has 136 valence electrons. The third-order valence-electron chi connectivity index (χ3n) is 4.55. The highest BCUT2D eigenvalue weighted by Crippen LogP contribution is 2.27. The number of ether oxygens (including phenoxy) is 1. The van der Waals surface area contributed by atoms with Gasteiger partial charge in [0.25, 0.3) is 5.91 Å². The number of esters is 1. The van der Waals surface area contributed by atoms with Crippen molar-refractivity contribution in [3.8, 4) is 11.1 Å². The normalized spacial score (nSPS) is 16.1. The molecule has 0 radical (unpaired) electrons. The first-order valence-corrected chi connectivity index (χ1v) is 8.85. The second-order valence-electron chi connectivity index (χ2n) is 6.39. The van der Waals surface area contributed by atoms with E-state index in [2.05, 4.69) is 9.97 Å². The van der Waals surface area contributed by atoms with Gasteiger partial charge in [0.05, 0.1) is 6.54 Å². The molecule has 1 saturated heterocycles. The summed E-state index contributed by atoms with van der Waals surface area (Å²) >= 11 is 0. The fraction of sp³-hybridized carbons (Fsp3) is 0.190. The van der Waals surface area contributed by atoms with Crippen LogP contribution in [0.1, 0.15) is 18.7 Å². The molecular formula is C21H19N3O3. The third-order valence-corrected chi connectivity index (χ3v) is 4.55. The molecule has 2 aromatic carbocycles. The van der Waals surface area contributed by atoms with Gasteiger partial charge in [-0.3, -0.25) is 9.59 Å². The van der Waals surface area contributed by atoms with Gasteiger partial charge in [-0.05, 0) is 23.3 Å². The van der Waals surface area contributed by atoms with Crippen molar-refractivity contribution in [3.63, 3.8) is 0 Å². The summed E-state index contributed by atoms with van der Waals surface area (Å²) in [5.41, 5.74) is 2.81. The maximum absolute atomic E-state index is 13.1. The van der Waals surface area contributed by atoms with E-state index < -0.39 is 6.10 Å². The Kier molecular flexibility index (Phi) is 4.70. The molecular weight excluding hydrogens is 342 g/mol. The standard InChI is InChI=1S/C21H19N3O3/c25-20-10-9-18(27-20)21(26)24(14-19-22-11-12-23-19)17-8-4-7-16(13-17)15-5-2-1-3-6-15/h1-8,11-13,18H,9-10,14H2,(H,22,23)/t18-/m0/s1. The van der Waals surface area contributed by atoms with Crippen LogP contribution in [0.2, 0.25) is 0 Å². The zero-order valence-electron chi connectivity index (χ0n) is 14.7. The Morgan fingerprint density at radius 1 is 1.15 bits per heavy atom. The Bertz CT molecular complexity index is 938. The minimum Gasteiger partial charge on any atom is -0.452 e. The van der Waals surface area contributed by atoms with Crippen molar-refractivity contribution in [2.24, 2.45) is 0 Å². The quantitative estimate of drug-likeness (QED) is 0.708. The van der Waals surface area contributed by atoms with Gasteiger partial charge in [0.2, 0.25) is 0 Å². The lowest BCUT2D eigenvalue weighted by molar-refractivity contribution is -0.147. The molecule has 0 bridgehead atoms. The second kappa shape index (κ2) is 7.45. The molecule has 0 unspecified atom stereocenters. The molecule has 1 aliphatic rings. The first-order valence-electron chi connectivity index (χ1n) is 8.85. The molecule has 2 heterocycles. The van der Waals surface area contributed by atoms with Crippen LogP contribution in [0.3, 0.4) is 0 Å². The SMILES string of the molecule is O=C1CC[C@@H](C(=O)N(Cc2ncc[nH]2)c2cccc(-c3ccccc3)c2)O1. The summed E-state index contributed by atoms with van der Waals surface area (Å²) in [5.74, 6) is 0.101. The van der Waals surface area contributed by atoms with E-state index in [0.717, 1.165) is 16.8 Å². The summed E-state index contributed by atoms with van der Waals surface area (Å²) in [4.78, 5) is 33.4. The Morgan fingerprint density at radius 3 is 2.67 bits per heavy atom. The number of anilines is 1. The van der Waals surface area contributed by atoms with Crippen LogP contribution in [0.15, 0.2) is 67.0 Å². The van der Waals surface area contributed by atoms with Gasteiger partial charge in [-0.25, -0.2) is 4.98 Å². The number of hydrogen-bond acceptors (Lipinski definition) is 4. The molecule has 1 aliphatic heterocycles. The second-order valence-corrected chi connectivity index (χ2v) is 6.39. The van der Waals surface area contributed by atoms with Gasteiger partial charge in [0, 0.05) is 30.9 Å². The molecule has 0 spiro atoms. The van der Waals surface area contributed by atoms with E-state index in [9.17, 15) is 9.59 Å². The Balaban J connectivity index is 1.67. The van der Waals surface area contributed by atoms with Crippen LogP contribution in [-0.4, -0.2) is 27.9 Å². The maximum Gasteiger partial charge on any atom is 0.306 e. The molecule has 1 amide bonds. The van der Waals surface area contributed by atoms with Crippen molar-refractivity contribution < 1.29 is 14.3 Å². The van der Waals surface area contributed by atoms with Crippen LogP contribution in [0.4, 0.5) is 5.69 Å². The average molecular weight is 361 g/mol. The van der Waals surface area contributed by atoms with Crippen molar-refractivity contribution in [1.29, 1.82) is 0 Å². The maximum atomic E-state index is 13.1. The predicted octanol–water partition coefficient (Wildman–Crippen LogP) is 3.32. The minimum atomic E-state index is -0.743. The minimum absolute atomic E-state index is 0.234. The molecule has 3 aromatic rings. The van der Waals surface area contributed by atoms with Crippen molar-refractivity contribution in [1.82, 2.24) is 9.97 Å². The predicted molar refractivity (Wildman–Crippen MR) is 101 cm³/mol. The average Bonchev–Trinajstić information content (AvgIpc) is 3.38. The van der Waals surface area contributed by atoms with E-state index in [-0.39, 0.29) is 24.8 Å². The molecule has 0 aliphatic carbocycles. The van der Waals surface area contributed by atoms with Gasteiger partial charge in [-0.15, -0.1) is 0 Å². The highest BCUT2D eigenvalue weighted by Gasteiger charge is 2.34. The summed E-state index contributed by atoms with van der Waals surface area (Å²) in [6.45, 7) is 0.276. The molecule has 6 nitrogen and oxygen atoms in total. The summed E-state index contributed by atoms with van der Waals surface area (Å²) < 4.78 is 5.20. The number of nitrogens with zero attached hydrogens (tertiary/aromatic N) is 2. The Labute approximate surface area is 156 Å². The van der Waals surface area contributed by atoms with Gasteiger partial charge < -0.3 is 14.6 Å². The molecule has 4 rings (SSSR count). The highest BCUT2D eigenvalue weighted by molar-refractivity contribution is 5.99. The number of aromatic amines is 1. The topological polar surface area (TPSA) is 75.3 Å². The van der Waals surface area contributed by atoms with Gasteiger partial charge in [-0.1, -0.05) is 42.5 Å². The largest absolute Gasteiger partial charge is 0.452 e. The van der Waals surface area contributed by atoms with Gasteiger partial charge in [-0.2, -0.15) is 0 Å². The number of carbonyl (C=O) groups excluding carboxylic acids is 2. The first-order chi connectivity index (χ1) is 13.2. The number of rotatable bonds is 5. The van der Waals surface area contributed by atoms with Crippen LogP contribution < -0.4 is 4.90 Å². The van der Waals surface area contributed by atoms with Crippen LogP contribution in [-0.2, 0) is 20.9 Å². The van der Waals surface area contributed by atoms with E-state index in [1.165, 1.54) is 0 Å². The molecule has 1 fully saturated rings. The number of imidazole rings is 1. The number of aromatic nitrogens is 2. The number of hydrogen-bond donors (Lipinski definition) is 1. The van der Waals surface area contributed by atoms with E-state index >= 15 is 0 Å². The third kappa shape index (κ3) is 3.74. The fourth-order valence-corrected chi connectivity index (χ4v) is 3.19. The molecule has 27 heavy (non-hydrogen) atoms. The van der Waals surface area contributed by atoms with Crippen LogP contribution in [0.25, 0.3) is 11.1 Å². The van der Waals surface area contributed by atoms with Gasteiger partial charge >= 0.3 is 5.97 Å². The summed E-state index contributed by atoms with van der Waals surface area (Å²) in [5, 5.41) is 0. The molecule has 1 aromatic heterocycles. The summed E-state index contributed by atoms with van der Waals surface area (Å²) in [7, 11) is 0. The number of amides is 1. The molecule has 1 atom stereocenters. The Hall–Kier alpha value is -3.41. The number of H-pyrrole nitrogens is 1. The number of nitrogens with one attached hydrogen (secondary N) is 1. The van der Waals surface area contributed by atoms with E-state index in [1.54, 1.807) is 17.3 Å². The summed E-state index contributed by atoms with van der Waals surface area (Å²) in [6.07, 6.45) is 3.30. The van der Waals surface area contributed by atoms with Crippen LogP contribution in [0.5, 0.6) is 0 Å². The van der Waals surface area contributed by atoms with E-state index in [4.69, 9.17) is 4.74 Å². The van der Waals surface area contributed by atoms with Crippen molar-refractivity contribution in [2.45, 2.75) is 25.5 Å². The van der Waals surface area contributed by atoms with Crippen molar-refractivity contribution >= 4 is 17.6 Å². The lowest BCUT2D eigenvalue weighted by Crippen LogP contribution is -2.39. The van der Waals surface area contributed by atoms with E-state index in [0.29, 0.717) is 12.2 Å². The number of cyclic esters (lactones) is 1. The zero-order valence-corrected chi connectivity index (χ0v) is 14.7. The molecule has 6 heteroatoms. The number of carbonyl (C=O) groups is 2. The monoisotopic (exact) mass is 361 g/mol. The van der Waals surface area contributed by atoms with Crippen molar-refractivity contribution in [3.05, 3.63) is 72.8 Å².